The van der Waals surface area contributed by atoms with E-state index in [0.29, 0.717) is 28.3 Å². The quantitative estimate of drug-likeness (QED) is 0.922. The molecule has 0 spiro atoms. The van der Waals surface area contributed by atoms with Crippen molar-refractivity contribution < 1.29 is 14.6 Å². The zero-order chi connectivity index (χ0) is 12.3. The lowest BCUT2D eigenvalue weighted by Gasteiger charge is -2.13. The molecule has 0 saturated carbocycles. The zero-order valence-electron chi connectivity index (χ0n) is 9.58. The Balaban J connectivity index is 3.04. The fourth-order valence-electron chi connectivity index (χ4n) is 1.33. The summed E-state index contributed by atoms with van der Waals surface area (Å²) < 4.78 is 6.14. The van der Waals surface area contributed by atoms with Crippen molar-refractivity contribution >= 4 is 21.9 Å². The van der Waals surface area contributed by atoms with Crippen molar-refractivity contribution in [3.05, 3.63) is 27.7 Å². The molecule has 16 heavy (non-hydrogen) atoms. The second kappa shape index (κ2) is 5.34. The van der Waals surface area contributed by atoms with Crippen LogP contribution in [0.2, 0.25) is 0 Å². The van der Waals surface area contributed by atoms with Crippen LogP contribution in [0.5, 0.6) is 5.75 Å². The summed E-state index contributed by atoms with van der Waals surface area (Å²) in [6.45, 7) is 6.43. The molecule has 88 valence electrons. The van der Waals surface area contributed by atoms with Crippen LogP contribution in [0.3, 0.4) is 0 Å². The van der Waals surface area contributed by atoms with Gasteiger partial charge in [-0.2, -0.15) is 0 Å². The second-order valence-corrected chi connectivity index (χ2v) is 4.91. The highest BCUT2D eigenvalue weighted by atomic mass is 79.9. The topological polar surface area (TPSA) is 46.5 Å². The Bertz CT molecular complexity index is 399. The molecule has 1 rings (SSSR count). The third-order valence-corrected chi connectivity index (χ3v) is 2.81. The molecule has 0 fully saturated rings. The molecule has 0 unspecified atom stereocenters. The second-order valence-electron chi connectivity index (χ2n) is 4.06. The fourth-order valence-corrected chi connectivity index (χ4v) is 1.93. The number of halogens is 1. The van der Waals surface area contributed by atoms with E-state index >= 15 is 0 Å². The molecule has 0 atom stereocenters. The van der Waals surface area contributed by atoms with Crippen molar-refractivity contribution in [3.8, 4) is 5.75 Å². The van der Waals surface area contributed by atoms with Crippen LogP contribution in [-0.4, -0.2) is 17.7 Å². The highest BCUT2D eigenvalue weighted by Gasteiger charge is 2.15. The molecule has 0 bridgehead atoms. The molecule has 0 aromatic heterocycles. The van der Waals surface area contributed by atoms with Crippen molar-refractivity contribution in [1.82, 2.24) is 0 Å². The van der Waals surface area contributed by atoms with E-state index in [4.69, 9.17) is 9.84 Å². The molecule has 0 amide bonds. The summed E-state index contributed by atoms with van der Waals surface area (Å²) >= 11 is 3.23. The van der Waals surface area contributed by atoms with Gasteiger partial charge in [0.1, 0.15) is 5.75 Å². The molecule has 0 aliphatic heterocycles. The Hall–Kier alpha value is -1.03. The molecule has 4 heteroatoms. The fraction of sp³-hybridized carbons (Fsp3) is 0.417. The number of benzene rings is 1. The van der Waals surface area contributed by atoms with Crippen molar-refractivity contribution in [2.45, 2.75) is 20.8 Å². The summed E-state index contributed by atoms with van der Waals surface area (Å²) in [5.41, 5.74) is 0.920. The van der Waals surface area contributed by atoms with E-state index < -0.39 is 5.97 Å². The summed E-state index contributed by atoms with van der Waals surface area (Å²) in [5, 5.41) is 9.06. The van der Waals surface area contributed by atoms with Gasteiger partial charge in [-0.25, -0.2) is 4.79 Å². The average Bonchev–Trinajstić information content (AvgIpc) is 2.15. The predicted octanol–water partition coefficient (Wildman–Crippen LogP) is 3.49. The number of hydrogen-bond donors (Lipinski definition) is 1. The van der Waals surface area contributed by atoms with Crippen LogP contribution in [0.1, 0.15) is 29.8 Å². The van der Waals surface area contributed by atoms with Crippen LogP contribution in [0, 0.1) is 12.8 Å². The van der Waals surface area contributed by atoms with Gasteiger partial charge in [-0.3, -0.25) is 0 Å². The van der Waals surface area contributed by atoms with Crippen molar-refractivity contribution in [2.24, 2.45) is 5.92 Å². The number of hydrogen-bond acceptors (Lipinski definition) is 2. The number of carboxylic acid groups (broad SMARTS) is 1. The van der Waals surface area contributed by atoms with Crippen molar-refractivity contribution in [1.29, 1.82) is 0 Å². The van der Waals surface area contributed by atoms with E-state index in [1.807, 2.05) is 13.8 Å². The van der Waals surface area contributed by atoms with Gasteiger partial charge in [-0.1, -0.05) is 13.8 Å². The predicted molar refractivity (Wildman–Crippen MR) is 66.2 cm³/mol. The van der Waals surface area contributed by atoms with Crippen molar-refractivity contribution in [3.63, 3.8) is 0 Å². The van der Waals surface area contributed by atoms with Crippen LogP contribution in [0.4, 0.5) is 0 Å². The summed E-state index contributed by atoms with van der Waals surface area (Å²) in [6.07, 6.45) is 0. The lowest BCUT2D eigenvalue weighted by Crippen LogP contribution is -2.08. The molecule has 0 radical (unpaired) electrons. The molecule has 1 N–H and O–H groups in total. The first-order valence-electron chi connectivity index (χ1n) is 5.08. The van der Waals surface area contributed by atoms with Gasteiger partial charge in [0, 0.05) is 10.0 Å². The molecule has 0 aliphatic carbocycles. The van der Waals surface area contributed by atoms with Gasteiger partial charge in [-0.15, -0.1) is 0 Å². The molecule has 0 saturated heterocycles. The van der Waals surface area contributed by atoms with Crippen molar-refractivity contribution in [2.75, 3.05) is 6.61 Å². The highest BCUT2D eigenvalue weighted by Crippen LogP contribution is 2.28. The minimum absolute atomic E-state index is 0.265. The van der Waals surface area contributed by atoms with E-state index in [1.54, 1.807) is 19.1 Å². The van der Waals surface area contributed by atoms with Gasteiger partial charge in [0.15, 0.2) is 0 Å². The molecular formula is C12H15BrO3. The Labute approximate surface area is 104 Å². The lowest BCUT2D eigenvalue weighted by atomic mass is 10.1. The summed E-state index contributed by atoms with van der Waals surface area (Å²) in [4.78, 5) is 11.0. The monoisotopic (exact) mass is 286 g/mol. The minimum atomic E-state index is -0.945. The highest BCUT2D eigenvalue weighted by molar-refractivity contribution is 9.10. The Morgan fingerprint density at radius 2 is 2.12 bits per heavy atom. The molecule has 1 aromatic rings. The first-order valence-corrected chi connectivity index (χ1v) is 5.88. The standard InChI is InChI=1S/C12H15BrO3/c1-7(2)6-16-10-5-4-9(13)11(8(10)3)12(14)15/h4-5,7H,6H2,1-3H3,(H,14,15). The smallest absolute Gasteiger partial charge is 0.337 e. The number of aromatic carboxylic acids is 1. The van der Waals surface area contributed by atoms with Gasteiger partial charge in [0.25, 0.3) is 0 Å². The average molecular weight is 287 g/mol. The van der Waals surface area contributed by atoms with E-state index in [1.165, 1.54) is 0 Å². The molecule has 0 aliphatic rings. The Morgan fingerprint density at radius 1 is 1.50 bits per heavy atom. The number of carbonyl (C=O) groups is 1. The van der Waals surface area contributed by atoms with Gasteiger partial charge in [0.2, 0.25) is 0 Å². The van der Waals surface area contributed by atoms with E-state index in [9.17, 15) is 4.79 Å². The molecule has 0 heterocycles. The van der Waals surface area contributed by atoms with Crippen LogP contribution >= 0.6 is 15.9 Å². The Kier molecular flexibility index (Phi) is 4.35. The van der Waals surface area contributed by atoms with Gasteiger partial charge >= 0.3 is 5.97 Å². The summed E-state index contributed by atoms with van der Waals surface area (Å²) in [5.74, 6) is 0.102. The summed E-state index contributed by atoms with van der Waals surface area (Å²) in [6, 6.07) is 3.49. The minimum Gasteiger partial charge on any atom is -0.493 e. The van der Waals surface area contributed by atoms with Gasteiger partial charge < -0.3 is 9.84 Å². The van der Waals surface area contributed by atoms with E-state index in [-0.39, 0.29) is 5.56 Å². The summed E-state index contributed by atoms with van der Waals surface area (Å²) in [7, 11) is 0. The maximum absolute atomic E-state index is 11.0. The number of carboxylic acids is 1. The largest absolute Gasteiger partial charge is 0.493 e. The first-order chi connectivity index (χ1) is 7.43. The normalized spacial score (nSPS) is 10.6. The molecule has 3 nitrogen and oxygen atoms in total. The van der Waals surface area contributed by atoms with Crippen LogP contribution in [-0.2, 0) is 0 Å². The van der Waals surface area contributed by atoms with E-state index in [0.717, 1.165) is 0 Å². The first kappa shape index (κ1) is 13.0. The third kappa shape index (κ3) is 2.98. The molecular weight excluding hydrogens is 272 g/mol. The zero-order valence-corrected chi connectivity index (χ0v) is 11.2. The van der Waals surface area contributed by atoms with E-state index in [2.05, 4.69) is 15.9 Å². The maximum Gasteiger partial charge on any atom is 0.337 e. The van der Waals surface area contributed by atoms with Gasteiger partial charge in [0.05, 0.1) is 12.2 Å². The van der Waals surface area contributed by atoms with Crippen LogP contribution < -0.4 is 4.74 Å². The Morgan fingerprint density at radius 3 is 2.62 bits per heavy atom. The third-order valence-electron chi connectivity index (χ3n) is 2.15. The SMILES string of the molecule is Cc1c(OCC(C)C)ccc(Br)c1C(=O)O. The maximum atomic E-state index is 11.0. The molecule has 1 aromatic carbocycles. The number of ether oxygens (including phenoxy) is 1. The van der Waals surface area contributed by atoms with Crippen LogP contribution in [0.25, 0.3) is 0 Å². The lowest BCUT2D eigenvalue weighted by molar-refractivity contribution is 0.0694. The van der Waals surface area contributed by atoms with Gasteiger partial charge in [-0.05, 0) is 40.9 Å². The van der Waals surface area contributed by atoms with Crippen LogP contribution in [0.15, 0.2) is 16.6 Å². The number of rotatable bonds is 4.